The normalized spacial score (nSPS) is 12.5. The van der Waals surface area contributed by atoms with E-state index in [-0.39, 0.29) is 30.3 Å². The molecule has 0 saturated carbocycles. The average molecular weight is 398 g/mol. The van der Waals surface area contributed by atoms with Crippen LogP contribution >= 0.6 is 0 Å². The van der Waals surface area contributed by atoms with Gasteiger partial charge in [0.2, 0.25) is 5.91 Å². The van der Waals surface area contributed by atoms with Crippen LogP contribution in [0.15, 0.2) is 40.2 Å². The van der Waals surface area contributed by atoms with Crippen molar-refractivity contribution in [2.24, 2.45) is 19.8 Å². The molecule has 3 N–H and O–H groups in total. The van der Waals surface area contributed by atoms with Crippen LogP contribution in [0.3, 0.4) is 0 Å². The van der Waals surface area contributed by atoms with Crippen LogP contribution < -0.4 is 22.3 Å². The van der Waals surface area contributed by atoms with Gasteiger partial charge < -0.3 is 15.6 Å². The highest BCUT2D eigenvalue weighted by Crippen LogP contribution is 2.17. The van der Waals surface area contributed by atoms with E-state index in [2.05, 4.69) is 24.1 Å². The third-order valence-electron chi connectivity index (χ3n) is 5.05. The van der Waals surface area contributed by atoms with Crippen molar-refractivity contribution in [1.29, 1.82) is 0 Å². The van der Waals surface area contributed by atoms with Crippen LogP contribution in [0.4, 0.5) is 0 Å². The predicted octanol–water partition coefficient (Wildman–Crippen LogP) is 0.373. The number of hydrogen-bond acceptors (Lipinski definition) is 5. The van der Waals surface area contributed by atoms with Gasteiger partial charge in [0.05, 0.1) is 6.33 Å². The first-order chi connectivity index (χ1) is 13.7. The number of nitrogens with zero attached hydrogens (tertiary/aromatic N) is 4. The second-order valence-corrected chi connectivity index (χ2v) is 7.49. The number of nitrogens with one attached hydrogen (secondary N) is 1. The van der Waals surface area contributed by atoms with E-state index in [1.807, 2.05) is 24.3 Å². The molecule has 3 aromatic rings. The maximum Gasteiger partial charge on any atom is 0.332 e. The highest BCUT2D eigenvalue weighted by Gasteiger charge is 2.17. The van der Waals surface area contributed by atoms with Gasteiger partial charge in [-0.05, 0) is 17.0 Å². The Bertz CT molecular complexity index is 1150. The van der Waals surface area contributed by atoms with Gasteiger partial charge in [-0.25, -0.2) is 14.3 Å². The van der Waals surface area contributed by atoms with Gasteiger partial charge >= 0.3 is 5.69 Å². The van der Waals surface area contributed by atoms with Crippen molar-refractivity contribution in [3.63, 3.8) is 0 Å². The standard InChI is InChI=1S/C20H26N6O3/c1-12(2)13-5-7-14(8-6-13)15(21)9-22-16(27)10-26-19(28)17-18(23-11-24(17)3)25(4)20(26)29/h5-8,11-12,15H,9-10,21H2,1-4H3,(H,22,27). The number of nitrogens with two attached hydrogens (primary N) is 1. The Labute approximate surface area is 167 Å². The molecule has 29 heavy (non-hydrogen) atoms. The highest BCUT2D eigenvalue weighted by molar-refractivity contribution is 5.76. The molecule has 9 nitrogen and oxygen atoms in total. The summed E-state index contributed by atoms with van der Waals surface area (Å²) in [4.78, 5) is 41.6. The van der Waals surface area contributed by atoms with Crippen molar-refractivity contribution in [2.45, 2.75) is 32.4 Å². The van der Waals surface area contributed by atoms with E-state index in [4.69, 9.17) is 5.73 Å². The van der Waals surface area contributed by atoms with E-state index in [1.54, 1.807) is 7.05 Å². The zero-order chi connectivity index (χ0) is 21.3. The third-order valence-corrected chi connectivity index (χ3v) is 5.05. The summed E-state index contributed by atoms with van der Waals surface area (Å²) in [6.45, 7) is 4.04. The lowest BCUT2D eigenvalue weighted by atomic mass is 9.99. The Morgan fingerprint density at radius 3 is 2.38 bits per heavy atom. The molecule has 2 aromatic heterocycles. The molecule has 9 heteroatoms. The van der Waals surface area contributed by atoms with Crippen LogP contribution in [-0.2, 0) is 25.4 Å². The van der Waals surface area contributed by atoms with Gasteiger partial charge in [-0.1, -0.05) is 38.1 Å². The second-order valence-electron chi connectivity index (χ2n) is 7.49. The Morgan fingerprint density at radius 1 is 1.14 bits per heavy atom. The lowest BCUT2D eigenvalue weighted by Gasteiger charge is -2.15. The molecule has 1 atom stereocenters. The largest absolute Gasteiger partial charge is 0.353 e. The molecule has 1 aromatic carbocycles. The Balaban J connectivity index is 1.72. The molecule has 0 radical (unpaired) electrons. The number of benzene rings is 1. The van der Waals surface area contributed by atoms with Crippen molar-refractivity contribution in [1.82, 2.24) is 24.0 Å². The molecular weight excluding hydrogens is 372 g/mol. The van der Waals surface area contributed by atoms with Crippen molar-refractivity contribution in [2.75, 3.05) is 6.54 Å². The number of aromatic nitrogens is 4. The summed E-state index contributed by atoms with van der Waals surface area (Å²) in [5.74, 6) is -0.0300. The molecule has 0 aliphatic carbocycles. The molecule has 0 bridgehead atoms. The van der Waals surface area contributed by atoms with Crippen LogP contribution in [0.1, 0.15) is 36.9 Å². The first-order valence-electron chi connectivity index (χ1n) is 9.43. The van der Waals surface area contributed by atoms with Crippen LogP contribution in [0, 0.1) is 0 Å². The predicted molar refractivity (Wildman–Crippen MR) is 111 cm³/mol. The van der Waals surface area contributed by atoms with Gasteiger partial charge in [-0.3, -0.25) is 14.2 Å². The van der Waals surface area contributed by atoms with Gasteiger partial charge in [-0.2, -0.15) is 0 Å². The van der Waals surface area contributed by atoms with Crippen molar-refractivity contribution in [3.8, 4) is 0 Å². The lowest BCUT2D eigenvalue weighted by Crippen LogP contribution is -2.44. The molecule has 1 unspecified atom stereocenters. The van der Waals surface area contributed by atoms with Crippen molar-refractivity contribution < 1.29 is 4.79 Å². The summed E-state index contributed by atoms with van der Waals surface area (Å²) in [5.41, 5.74) is 7.69. The topological polar surface area (TPSA) is 117 Å². The zero-order valence-electron chi connectivity index (χ0n) is 17.0. The smallest absolute Gasteiger partial charge is 0.332 e. The molecule has 0 aliphatic rings. The number of aryl methyl sites for hydroxylation is 2. The van der Waals surface area contributed by atoms with Crippen LogP contribution in [-0.4, -0.2) is 31.1 Å². The molecular formula is C20H26N6O3. The van der Waals surface area contributed by atoms with E-state index in [0.29, 0.717) is 5.92 Å². The fourth-order valence-corrected chi connectivity index (χ4v) is 3.20. The summed E-state index contributed by atoms with van der Waals surface area (Å²) in [7, 11) is 3.18. The minimum atomic E-state index is -0.593. The van der Waals surface area contributed by atoms with E-state index in [0.717, 1.165) is 10.1 Å². The van der Waals surface area contributed by atoms with Gasteiger partial charge in [-0.15, -0.1) is 0 Å². The maximum absolute atomic E-state index is 12.6. The van der Waals surface area contributed by atoms with Crippen molar-refractivity contribution >= 4 is 17.1 Å². The number of imidazole rings is 1. The fourth-order valence-electron chi connectivity index (χ4n) is 3.20. The number of carbonyl (C=O) groups excluding carboxylic acids is 1. The molecule has 0 spiro atoms. The van der Waals surface area contributed by atoms with E-state index in [9.17, 15) is 14.4 Å². The number of hydrogen-bond donors (Lipinski definition) is 2. The third kappa shape index (κ3) is 4.00. The van der Waals surface area contributed by atoms with Crippen molar-refractivity contribution in [3.05, 3.63) is 62.6 Å². The van der Waals surface area contributed by atoms with E-state index < -0.39 is 17.2 Å². The number of fused-ring (bicyclic) bond motifs is 1. The van der Waals surface area contributed by atoms with E-state index in [1.165, 1.54) is 28.1 Å². The number of carbonyl (C=O) groups is 1. The maximum atomic E-state index is 12.6. The summed E-state index contributed by atoms with van der Waals surface area (Å²) in [6, 6.07) is 7.55. The number of amides is 1. The van der Waals surface area contributed by atoms with Gasteiger partial charge in [0, 0.05) is 26.7 Å². The molecule has 0 aliphatic heterocycles. The molecule has 0 fully saturated rings. The molecule has 0 saturated heterocycles. The fraction of sp³-hybridized carbons (Fsp3) is 0.400. The molecule has 154 valence electrons. The minimum absolute atomic E-state index is 0.197. The Hall–Kier alpha value is -3.20. The summed E-state index contributed by atoms with van der Waals surface area (Å²) < 4.78 is 3.69. The SMILES string of the molecule is CC(C)c1ccc(C(N)CNC(=O)Cn2c(=O)c3c(ncn3C)n(C)c2=O)cc1. The zero-order valence-corrected chi connectivity index (χ0v) is 17.0. The number of rotatable bonds is 6. The first-order valence-corrected chi connectivity index (χ1v) is 9.43. The Morgan fingerprint density at radius 2 is 1.76 bits per heavy atom. The molecule has 1 amide bonds. The summed E-state index contributed by atoms with van der Waals surface area (Å²) >= 11 is 0. The monoisotopic (exact) mass is 398 g/mol. The Kier molecular flexibility index (Phi) is 5.69. The molecule has 3 rings (SSSR count). The second kappa shape index (κ2) is 8.04. The van der Waals surface area contributed by atoms with Crippen LogP contribution in [0.25, 0.3) is 11.2 Å². The van der Waals surface area contributed by atoms with E-state index >= 15 is 0 Å². The molecule has 2 heterocycles. The summed E-state index contributed by atoms with van der Waals surface area (Å²) in [6.07, 6.45) is 1.46. The summed E-state index contributed by atoms with van der Waals surface area (Å²) in [5, 5.41) is 2.70. The van der Waals surface area contributed by atoms with Crippen LogP contribution in [0.2, 0.25) is 0 Å². The minimum Gasteiger partial charge on any atom is -0.353 e. The lowest BCUT2D eigenvalue weighted by molar-refractivity contribution is -0.121. The first kappa shape index (κ1) is 20.5. The van der Waals surface area contributed by atoms with Gasteiger partial charge in [0.1, 0.15) is 6.54 Å². The quantitative estimate of drug-likeness (QED) is 0.622. The average Bonchev–Trinajstić information content (AvgIpc) is 3.09. The van der Waals surface area contributed by atoms with Gasteiger partial charge in [0.15, 0.2) is 11.2 Å². The highest BCUT2D eigenvalue weighted by atomic mass is 16.2. The van der Waals surface area contributed by atoms with Gasteiger partial charge in [0.25, 0.3) is 5.56 Å². The van der Waals surface area contributed by atoms with Crippen LogP contribution in [0.5, 0.6) is 0 Å².